The van der Waals surface area contributed by atoms with E-state index in [2.05, 4.69) is 15.3 Å². The SMILES string of the molecule is COc1cc2ncc(F)c(Nc3ccc4scnc4c3)c2cc1P(C)(=O)O. The second kappa shape index (κ2) is 6.56. The molecule has 0 fully saturated rings. The maximum absolute atomic E-state index is 14.6. The first-order chi connectivity index (χ1) is 12.9. The number of nitrogens with zero attached hydrogens (tertiary/aromatic N) is 2. The van der Waals surface area contributed by atoms with Crippen molar-refractivity contribution in [3.05, 3.63) is 47.9 Å². The normalized spacial score (nSPS) is 13.6. The highest BCUT2D eigenvalue weighted by Gasteiger charge is 2.22. The lowest BCUT2D eigenvalue weighted by Gasteiger charge is -2.15. The molecule has 2 heterocycles. The summed E-state index contributed by atoms with van der Waals surface area (Å²) < 4.78 is 33.1. The highest BCUT2D eigenvalue weighted by Crippen LogP contribution is 2.41. The molecule has 0 aliphatic carbocycles. The predicted molar refractivity (Wildman–Crippen MR) is 107 cm³/mol. The van der Waals surface area contributed by atoms with E-state index in [4.69, 9.17) is 4.74 Å². The summed E-state index contributed by atoms with van der Waals surface area (Å²) in [6.45, 7) is 1.21. The number of aromatic nitrogens is 2. The molecule has 138 valence electrons. The molecule has 0 amide bonds. The Labute approximate surface area is 158 Å². The van der Waals surface area contributed by atoms with Gasteiger partial charge in [0, 0.05) is 23.8 Å². The summed E-state index contributed by atoms with van der Waals surface area (Å²) in [5, 5.41) is 3.55. The number of anilines is 2. The average molecular weight is 403 g/mol. The van der Waals surface area contributed by atoms with E-state index in [1.807, 2.05) is 18.2 Å². The summed E-state index contributed by atoms with van der Waals surface area (Å²) >= 11 is 1.52. The molecule has 27 heavy (non-hydrogen) atoms. The van der Waals surface area contributed by atoms with Gasteiger partial charge in [-0.15, -0.1) is 11.3 Å². The van der Waals surface area contributed by atoms with Gasteiger partial charge >= 0.3 is 0 Å². The van der Waals surface area contributed by atoms with E-state index in [1.54, 1.807) is 5.51 Å². The van der Waals surface area contributed by atoms with Crippen LogP contribution < -0.4 is 15.4 Å². The van der Waals surface area contributed by atoms with Crippen LogP contribution in [-0.2, 0) is 4.57 Å². The molecule has 0 saturated carbocycles. The number of ether oxygens (including phenoxy) is 1. The van der Waals surface area contributed by atoms with Crippen LogP contribution >= 0.6 is 18.7 Å². The van der Waals surface area contributed by atoms with Gasteiger partial charge in [0.05, 0.1) is 45.5 Å². The van der Waals surface area contributed by atoms with E-state index < -0.39 is 13.2 Å². The molecular formula is C18H15FN3O3PS. The molecule has 9 heteroatoms. The Balaban J connectivity index is 1.90. The first kappa shape index (κ1) is 17.9. The summed E-state index contributed by atoms with van der Waals surface area (Å²) in [6.07, 6.45) is 1.11. The molecule has 1 unspecified atom stereocenters. The third-order valence-corrected chi connectivity index (χ3v) is 6.22. The van der Waals surface area contributed by atoms with Gasteiger partial charge in [-0.05, 0) is 24.3 Å². The second-order valence-corrected chi connectivity index (χ2v) is 9.19. The summed E-state index contributed by atoms with van der Waals surface area (Å²) in [7, 11) is -2.22. The van der Waals surface area contributed by atoms with Crippen molar-refractivity contribution in [3.8, 4) is 5.75 Å². The lowest BCUT2D eigenvalue weighted by atomic mass is 10.1. The number of rotatable bonds is 4. The van der Waals surface area contributed by atoms with Gasteiger partial charge in [-0.25, -0.2) is 9.37 Å². The van der Waals surface area contributed by atoms with Crippen molar-refractivity contribution >= 4 is 56.5 Å². The van der Waals surface area contributed by atoms with Crippen molar-refractivity contribution in [3.63, 3.8) is 0 Å². The van der Waals surface area contributed by atoms with Crippen LogP contribution in [0.3, 0.4) is 0 Å². The number of thiazole rings is 1. The fourth-order valence-corrected chi connectivity index (χ4v) is 4.47. The van der Waals surface area contributed by atoms with Crippen molar-refractivity contribution in [2.45, 2.75) is 0 Å². The first-order valence-corrected chi connectivity index (χ1v) is 10.9. The number of methoxy groups -OCH3 is 1. The largest absolute Gasteiger partial charge is 0.496 e. The molecule has 4 aromatic rings. The number of nitrogens with one attached hydrogen (secondary N) is 1. The molecule has 0 saturated heterocycles. The van der Waals surface area contributed by atoms with E-state index in [9.17, 15) is 13.8 Å². The number of hydrogen-bond donors (Lipinski definition) is 2. The molecule has 2 aromatic heterocycles. The van der Waals surface area contributed by atoms with Crippen LogP contribution in [0.4, 0.5) is 15.8 Å². The minimum atomic E-state index is -3.63. The van der Waals surface area contributed by atoms with Gasteiger partial charge in [0.25, 0.3) is 0 Å². The summed E-state index contributed by atoms with van der Waals surface area (Å²) in [5.74, 6) is -0.328. The zero-order valence-electron chi connectivity index (χ0n) is 14.4. The Hall–Kier alpha value is -2.54. The Bertz CT molecular complexity index is 1220. The van der Waals surface area contributed by atoms with E-state index in [-0.39, 0.29) is 16.7 Å². The molecule has 0 spiro atoms. The standard InChI is InChI=1S/C18H15FN3O3PS/c1-25-15-7-13-11(6-16(15)26(2,23)24)18(12(19)8-20-13)22-10-3-4-17-14(5-10)21-9-27-17/h3-9H,1-2H3,(H,20,22)(H,23,24). The minimum Gasteiger partial charge on any atom is -0.496 e. The van der Waals surface area contributed by atoms with Crippen molar-refractivity contribution in [2.75, 3.05) is 19.1 Å². The lowest BCUT2D eigenvalue weighted by Crippen LogP contribution is -2.09. The summed E-state index contributed by atoms with van der Waals surface area (Å²) in [4.78, 5) is 18.4. The van der Waals surface area contributed by atoms with E-state index in [1.165, 1.54) is 37.2 Å². The number of benzene rings is 2. The van der Waals surface area contributed by atoms with E-state index >= 15 is 0 Å². The summed E-state index contributed by atoms with van der Waals surface area (Å²) in [5.41, 5.74) is 3.82. The number of pyridine rings is 1. The van der Waals surface area contributed by atoms with Gasteiger partial charge < -0.3 is 14.9 Å². The molecule has 2 aromatic carbocycles. The average Bonchev–Trinajstić information content (AvgIpc) is 3.10. The Morgan fingerprint density at radius 3 is 2.78 bits per heavy atom. The fraction of sp³-hybridized carbons (Fsp3) is 0.111. The van der Waals surface area contributed by atoms with Crippen LogP contribution in [0, 0.1) is 5.82 Å². The number of hydrogen-bond acceptors (Lipinski definition) is 6. The molecule has 6 nitrogen and oxygen atoms in total. The molecular weight excluding hydrogens is 388 g/mol. The van der Waals surface area contributed by atoms with Crippen molar-refractivity contribution in [1.82, 2.24) is 9.97 Å². The van der Waals surface area contributed by atoms with E-state index in [0.717, 1.165) is 16.4 Å². The molecule has 1 atom stereocenters. The molecule has 0 aliphatic heterocycles. The third-order valence-electron chi connectivity index (χ3n) is 4.17. The first-order valence-electron chi connectivity index (χ1n) is 7.94. The molecule has 4 rings (SSSR count). The van der Waals surface area contributed by atoms with Crippen LogP contribution in [0.5, 0.6) is 5.75 Å². The quantitative estimate of drug-likeness (QED) is 0.496. The minimum absolute atomic E-state index is 0.114. The highest BCUT2D eigenvalue weighted by molar-refractivity contribution is 7.65. The van der Waals surface area contributed by atoms with Crippen LogP contribution in [0.1, 0.15) is 0 Å². The Kier molecular flexibility index (Phi) is 4.34. The van der Waals surface area contributed by atoms with E-state index in [0.29, 0.717) is 16.6 Å². The van der Waals surface area contributed by atoms with Crippen LogP contribution in [0.15, 0.2) is 42.0 Å². The fourth-order valence-electron chi connectivity index (χ4n) is 2.88. The topological polar surface area (TPSA) is 84.3 Å². The van der Waals surface area contributed by atoms with Gasteiger partial charge in [-0.3, -0.25) is 9.55 Å². The van der Waals surface area contributed by atoms with Crippen LogP contribution in [0.25, 0.3) is 21.1 Å². The van der Waals surface area contributed by atoms with Gasteiger partial charge in [0.15, 0.2) is 5.82 Å². The molecule has 0 bridgehead atoms. The molecule has 0 aliphatic rings. The second-order valence-electron chi connectivity index (χ2n) is 6.06. The van der Waals surface area contributed by atoms with Crippen molar-refractivity contribution in [1.29, 1.82) is 0 Å². The number of fused-ring (bicyclic) bond motifs is 2. The molecule has 0 radical (unpaired) electrons. The predicted octanol–water partition coefficient (Wildman–Crippen LogP) is 4.26. The van der Waals surface area contributed by atoms with Crippen molar-refractivity contribution < 1.29 is 18.6 Å². The molecule has 2 N–H and O–H groups in total. The van der Waals surface area contributed by atoms with Gasteiger partial charge in [0.2, 0.25) is 7.37 Å². The Morgan fingerprint density at radius 2 is 2.04 bits per heavy atom. The monoisotopic (exact) mass is 403 g/mol. The van der Waals surface area contributed by atoms with Gasteiger partial charge in [-0.2, -0.15) is 0 Å². The van der Waals surface area contributed by atoms with Crippen LogP contribution in [0.2, 0.25) is 0 Å². The Morgan fingerprint density at radius 1 is 1.22 bits per heavy atom. The maximum Gasteiger partial charge on any atom is 0.230 e. The summed E-state index contributed by atoms with van der Waals surface area (Å²) in [6, 6.07) is 8.53. The smallest absolute Gasteiger partial charge is 0.230 e. The third kappa shape index (κ3) is 3.27. The van der Waals surface area contributed by atoms with Gasteiger partial charge in [-0.1, -0.05) is 0 Å². The van der Waals surface area contributed by atoms with Crippen molar-refractivity contribution in [2.24, 2.45) is 0 Å². The number of halogens is 1. The maximum atomic E-state index is 14.6. The zero-order valence-corrected chi connectivity index (χ0v) is 16.1. The van der Waals surface area contributed by atoms with Gasteiger partial charge in [0.1, 0.15) is 5.75 Å². The highest BCUT2D eigenvalue weighted by atomic mass is 32.1. The zero-order chi connectivity index (χ0) is 19.2. The van der Waals surface area contributed by atoms with Crippen LogP contribution in [-0.4, -0.2) is 28.6 Å². The lowest BCUT2D eigenvalue weighted by molar-refractivity contribution is 0.416.